The number of carboxylic acid groups (broad SMARTS) is 1. The third-order valence-corrected chi connectivity index (χ3v) is 18.1. The Morgan fingerprint density at radius 1 is 0.713 bits per heavy atom. The molecular formula is C66H73Cl2N9O24. The van der Waals surface area contributed by atoms with Gasteiger partial charge in [0.25, 0.3) is 0 Å². The van der Waals surface area contributed by atoms with Crippen LogP contribution < -0.4 is 62.9 Å². The second-order valence-electron chi connectivity index (χ2n) is 25.5. The number of amides is 7. The fourth-order valence-corrected chi connectivity index (χ4v) is 12.8. The Balaban J connectivity index is 1.26. The molecule has 0 aromatic heterocycles. The number of carbonyl (C=O) groups excluding carboxylic acids is 8. The summed E-state index contributed by atoms with van der Waals surface area (Å²) in [4.78, 5) is 132. The van der Waals surface area contributed by atoms with Crippen LogP contribution in [0.3, 0.4) is 0 Å². The van der Waals surface area contributed by atoms with E-state index in [1.165, 1.54) is 39.1 Å². The van der Waals surface area contributed by atoms with Crippen LogP contribution in [0.25, 0.3) is 11.1 Å². The van der Waals surface area contributed by atoms with Gasteiger partial charge < -0.3 is 123 Å². The van der Waals surface area contributed by atoms with Gasteiger partial charge in [0.15, 0.2) is 29.6 Å². The Bertz CT molecular complexity index is 4130. The number of hydrogen-bond acceptors (Lipinski definition) is 25. The van der Waals surface area contributed by atoms with Gasteiger partial charge in [-0.2, -0.15) is 0 Å². The zero-order valence-electron chi connectivity index (χ0n) is 54.2. The number of carbonyl (C=O) groups is 9. The van der Waals surface area contributed by atoms with E-state index in [2.05, 4.69) is 37.2 Å². The number of likely N-dealkylation sites (N-methyl/N-ethyl adjacent to an activating group) is 1. The van der Waals surface area contributed by atoms with E-state index in [0.717, 1.165) is 60.7 Å². The maximum absolute atomic E-state index is 16.1. The lowest BCUT2D eigenvalue weighted by molar-refractivity contribution is -0.277. The number of rotatable bonds is 13. The molecule has 2 fully saturated rings. The van der Waals surface area contributed by atoms with E-state index in [9.17, 15) is 69.9 Å². The van der Waals surface area contributed by atoms with Crippen molar-refractivity contribution < 1.29 is 118 Å². The summed E-state index contributed by atoms with van der Waals surface area (Å²) in [7, 11) is 1.47. The lowest BCUT2D eigenvalue weighted by Crippen LogP contribution is -2.60. The number of ketones is 1. The number of hydrogen-bond donors (Lipinski definition) is 18. The largest absolute Gasteiger partial charge is 0.508 e. The second-order valence-corrected chi connectivity index (χ2v) is 26.3. The Hall–Kier alpha value is -9.49. The number of benzene rings is 5. The van der Waals surface area contributed by atoms with Gasteiger partial charge >= 0.3 is 5.97 Å². The standard InChI is InChI=1S/C66H73Cl2N9O24/c1-23(2)12-34(71-5)58(88)76-49-51(83)26-7-10-38(32(67)14-26)97-40-16-28-17-41(56(40)101-65-54(86)53(85)52(84)42(22-78)99-65)98-39-11-8-27(15-33(39)68)55(100-44-21-66(4,70)57(87)24(3)96-44)50-63(93)75-48(64(94)95)31-18-29(79)19-37(81)45(31)30-13-25(6-9-36(30)80)46(60(90)77-50)74-61(91)47(28)73-59(89)35(20-43(69)82)72-62(49)92/h6-11,13-19,23-24,34-35,42,44,46-55,65,71,78-81,83-86H,12,20-22,70H2,1-5H3,(H2,69,82)(H,72,92)(H,73,89)(H,74,91)(H,75,93)(H,76,88)(H,77,90)(H,94,95)/t24-,34+,35+,42+,44+,46+,47+,48-,49-,50-,51-,52+,53-,54+,55-,65-,66+/m0/s1. The molecule has 7 aliphatic heterocycles. The second kappa shape index (κ2) is 30.0. The number of aliphatic hydroxyl groups is 5. The van der Waals surface area contributed by atoms with Crippen molar-refractivity contribution in [2.45, 2.75) is 150 Å². The number of phenols is 3. The van der Waals surface area contributed by atoms with Crippen molar-refractivity contribution in [1.82, 2.24) is 37.2 Å². The topological polar surface area (TPSA) is 527 Å². The quantitative estimate of drug-likeness (QED) is 0.0754. The summed E-state index contributed by atoms with van der Waals surface area (Å²) in [6.07, 6.45) is -18.1. The van der Waals surface area contributed by atoms with E-state index in [0.29, 0.717) is 0 Å². The third-order valence-electron chi connectivity index (χ3n) is 17.5. The molecule has 35 heteroatoms. The van der Waals surface area contributed by atoms with E-state index < -0.39 is 243 Å². The van der Waals surface area contributed by atoms with E-state index in [4.69, 9.17) is 63.1 Å². The van der Waals surface area contributed by atoms with E-state index in [1.807, 2.05) is 13.8 Å². The van der Waals surface area contributed by atoms with Crippen molar-refractivity contribution >= 4 is 76.3 Å². The lowest BCUT2D eigenvalue weighted by atomic mass is 9.88. The predicted octanol–water partition coefficient (Wildman–Crippen LogP) is 0.314. The number of halogens is 2. The summed E-state index contributed by atoms with van der Waals surface area (Å²) in [6.45, 7) is 5.40. The molecule has 0 spiro atoms. The van der Waals surface area contributed by atoms with E-state index in [-0.39, 0.29) is 39.8 Å². The van der Waals surface area contributed by atoms with E-state index >= 15 is 19.2 Å². The molecule has 7 aliphatic rings. The smallest absolute Gasteiger partial charge is 0.330 e. The first-order valence-electron chi connectivity index (χ1n) is 31.5. The van der Waals surface area contributed by atoms with Crippen molar-refractivity contribution in [2.24, 2.45) is 17.4 Å². The summed E-state index contributed by atoms with van der Waals surface area (Å²) in [5, 5.41) is 118. The summed E-state index contributed by atoms with van der Waals surface area (Å²) >= 11 is 14.2. The number of phenolic OH excluding ortho intramolecular Hbond substituents is 3. The minimum absolute atomic E-state index is 0.0975. The van der Waals surface area contributed by atoms with Crippen LogP contribution in [0.1, 0.15) is 105 Å². The zero-order chi connectivity index (χ0) is 73.5. The van der Waals surface area contributed by atoms with Crippen molar-refractivity contribution in [3.63, 3.8) is 0 Å². The van der Waals surface area contributed by atoms with Gasteiger partial charge in [0.05, 0.1) is 34.7 Å². The van der Waals surface area contributed by atoms with Crippen LogP contribution in [0.5, 0.6) is 46.0 Å². The van der Waals surface area contributed by atoms with Gasteiger partial charge in [-0.25, -0.2) is 4.79 Å². The minimum atomic E-state index is -2.35. The summed E-state index contributed by atoms with van der Waals surface area (Å²) < 4.78 is 37.8. The first kappa shape index (κ1) is 74.2. The number of fused-ring (bicyclic) bond motifs is 15. The molecular weight excluding hydrogens is 1370 g/mol. The third kappa shape index (κ3) is 15.7. The van der Waals surface area contributed by atoms with Gasteiger partial charge in [-0.05, 0) is 110 Å². The zero-order valence-corrected chi connectivity index (χ0v) is 55.7. The number of aliphatic hydroxyl groups excluding tert-OH is 5. The summed E-state index contributed by atoms with van der Waals surface area (Å²) in [6, 6.07) is -0.561. The van der Waals surface area contributed by atoms with Crippen LogP contribution >= 0.6 is 23.2 Å². The van der Waals surface area contributed by atoms with Gasteiger partial charge in [0.2, 0.25) is 53.4 Å². The number of ether oxygens (including phenoxy) is 6. The average Bonchev–Trinajstić information content (AvgIpc) is 0.770. The number of nitrogens with one attached hydrogen (secondary N) is 7. The molecule has 540 valence electrons. The van der Waals surface area contributed by atoms with Gasteiger partial charge in [-0.15, -0.1) is 0 Å². The van der Waals surface area contributed by atoms with Gasteiger partial charge in [0, 0.05) is 29.2 Å². The number of carboxylic acids is 1. The summed E-state index contributed by atoms with van der Waals surface area (Å²) in [5.74, 6) is -16.7. The Kier molecular flexibility index (Phi) is 22.0. The lowest BCUT2D eigenvalue weighted by Gasteiger charge is -2.40. The Labute approximate surface area is 583 Å². The monoisotopic (exact) mass is 1450 g/mol. The van der Waals surface area contributed by atoms with Crippen molar-refractivity contribution in [3.8, 4) is 57.1 Å². The Morgan fingerprint density at radius 2 is 1.33 bits per heavy atom. The molecule has 11 bridgehead atoms. The summed E-state index contributed by atoms with van der Waals surface area (Å²) in [5.41, 5.74) is 7.78. The first-order chi connectivity index (χ1) is 47.7. The van der Waals surface area contributed by atoms with Gasteiger partial charge in [-0.1, -0.05) is 55.2 Å². The van der Waals surface area contributed by atoms with Gasteiger partial charge in [-0.3, -0.25) is 38.4 Å². The highest BCUT2D eigenvalue weighted by Gasteiger charge is 2.49. The predicted molar refractivity (Wildman–Crippen MR) is 348 cm³/mol. The molecule has 7 heterocycles. The molecule has 5 aromatic rings. The molecule has 0 radical (unpaired) electrons. The first-order valence-corrected chi connectivity index (χ1v) is 32.2. The number of primary amides is 1. The fourth-order valence-electron chi connectivity index (χ4n) is 12.4. The van der Waals surface area contributed by atoms with Crippen LogP contribution in [0.15, 0.2) is 78.9 Å². The molecule has 33 nitrogen and oxygen atoms in total. The minimum Gasteiger partial charge on any atom is -0.508 e. The normalized spacial score (nSPS) is 28.7. The molecule has 0 saturated carbocycles. The number of aliphatic carboxylic acids is 1. The molecule has 20 N–H and O–H groups in total. The molecule has 0 aliphatic carbocycles. The highest BCUT2D eigenvalue weighted by atomic mass is 35.5. The molecule has 101 heavy (non-hydrogen) atoms. The van der Waals surface area contributed by atoms with Gasteiger partial charge in [0.1, 0.15) is 102 Å². The number of Topliss-reactive ketones (excluding diaryl/α,β-unsaturated/α-hetero) is 1. The molecule has 17 atom stereocenters. The molecule has 5 aromatic carbocycles. The molecule has 0 unspecified atom stereocenters. The van der Waals surface area contributed by atoms with Crippen LogP contribution in [0.2, 0.25) is 10.0 Å². The van der Waals surface area contributed by atoms with Crippen molar-refractivity contribution in [3.05, 3.63) is 117 Å². The highest BCUT2D eigenvalue weighted by molar-refractivity contribution is 6.32. The maximum atomic E-state index is 16.1. The highest BCUT2D eigenvalue weighted by Crippen LogP contribution is 2.50. The van der Waals surface area contributed by atoms with Crippen molar-refractivity contribution in [1.29, 1.82) is 0 Å². The maximum Gasteiger partial charge on any atom is 0.330 e. The Morgan fingerprint density at radius 3 is 1.93 bits per heavy atom. The molecule has 12 rings (SSSR count). The molecule has 2 saturated heterocycles. The SMILES string of the molecule is CN[C@H](CC(C)C)C(=O)N[C@@H]1C(=O)N[C@H](CC(N)=O)C(=O)N[C@H]2C(=O)N[C@H]3C(=O)N[C@H](C(=O)N[C@H](C(=O)O)c4cc(O)cc(O)c4-c4cc3ccc4O)[C@@H](O[C@@H]3C[C@@](C)(N)C(=O)[C@H](C)O3)c3ccc(c(Cl)c3)Oc3cc2cc(c3O[C@@H]2O[C@H](CO)[C@@H](O)[C@H](O)[C@H]2O)Oc2ccc(cc2Cl)[C@@H]1O. The average molecular weight is 1450 g/mol. The van der Waals surface area contributed by atoms with Crippen LogP contribution in [-0.4, -0.2) is 186 Å². The number of nitrogens with two attached hydrogens (primary N) is 2. The van der Waals surface area contributed by atoms with Crippen LogP contribution in [-0.2, 0) is 57.4 Å². The number of aromatic hydroxyl groups is 3. The van der Waals surface area contributed by atoms with Crippen LogP contribution in [0, 0.1) is 5.92 Å². The van der Waals surface area contributed by atoms with Crippen molar-refractivity contribution in [2.75, 3.05) is 13.7 Å². The van der Waals surface area contributed by atoms with Crippen LogP contribution in [0.4, 0.5) is 0 Å². The molecule has 7 amide bonds. The fraction of sp³-hybridized carbons (Fsp3) is 0.409. The van der Waals surface area contributed by atoms with E-state index in [1.54, 1.807) is 0 Å².